The van der Waals surface area contributed by atoms with E-state index in [0.717, 1.165) is 11.1 Å². The number of anilines is 1. The summed E-state index contributed by atoms with van der Waals surface area (Å²) >= 11 is 6.13. The van der Waals surface area contributed by atoms with Crippen molar-refractivity contribution in [3.05, 3.63) is 58.5 Å². The second-order valence-corrected chi connectivity index (χ2v) is 5.01. The third kappa shape index (κ3) is 2.18. The molecule has 0 radical (unpaired) electrons. The largest absolute Gasteiger partial charge is 0.296 e. The highest BCUT2D eigenvalue weighted by Gasteiger charge is 2.26. The SMILES string of the molecule is CN1C(=O)/C(=C\c2ccccc2Cl)Cc2cncnc21. The normalized spacial score (nSPS) is 16.4. The molecular weight excluding hydrogens is 274 g/mol. The van der Waals surface area contributed by atoms with Crippen LogP contribution in [0.15, 0.2) is 42.4 Å². The molecule has 0 spiro atoms. The number of carbonyl (C=O) groups is 1. The predicted octanol–water partition coefficient (Wildman–Crippen LogP) is 2.73. The van der Waals surface area contributed by atoms with E-state index < -0.39 is 0 Å². The zero-order chi connectivity index (χ0) is 14.1. The van der Waals surface area contributed by atoms with E-state index in [1.165, 1.54) is 6.33 Å². The molecule has 2 heterocycles. The number of nitrogens with zero attached hydrogens (tertiary/aromatic N) is 3. The van der Waals surface area contributed by atoms with Crippen molar-refractivity contribution in [2.75, 3.05) is 11.9 Å². The van der Waals surface area contributed by atoms with Gasteiger partial charge in [-0.3, -0.25) is 9.69 Å². The van der Waals surface area contributed by atoms with Crippen LogP contribution in [0.25, 0.3) is 6.08 Å². The minimum Gasteiger partial charge on any atom is -0.296 e. The number of halogens is 1. The van der Waals surface area contributed by atoms with Crippen LogP contribution in [0.3, 0.4) is 0 Å². The highest BCUT2D eigenvalue weighted by atomic mass is 35.5. The minimum absolute atomic E-state index is 0.0591. The van der Waals surface area contributed by atoms with Crippen molar-refractivity contribution in [2.24, 2.45) is 0 Å². The fourth-order valence-electron chi connectivity index (χ4n) is 2.26. The molecule has 0 saturated carbocycles. The molecule has 0 aliphatic carbocycles. The highest BCUT2D eigenvalue weighted by Crippen LogP contribution is 2.28. The molecule has 1 aromatic heterocycles. The molecule has 0 N–H and O–H groups in total. The Balaban J connectivity index is 2.05. The zero-order valence-electron chi connectivity index (χ0n) is 10.9. The number of hydrogen-bond acceptors (Lipinski definition) is 3. The molecule has 0 unspecified atom stereocenters. The molecule has 4 nitrogen and oxygen atoms in total. The molecule has 0 bridgehead atoms. The summed E-state index contributed by atoms with van der Waals surface area (Å²) in [5.74, 6) is 0.609. The third-order valence-corrected chi connectivity index (χ3v) is 3.62. The molecule has 0 saturated heterocycles. The first kappa shape index (κ1) is 12.8. The average Bonchev–Trinajstić information content (AvgIpc) is 2.47. The summed E-state index contributed by atoms with van der Waals surface area (Å²) in [5, 5.41) is 0.630. The Labute approximate surface area is 121 Å². The number of rotatable bonds is 1. The summed E-state index contributed by atoms with van der Waals surface area (Å²) in [6.07, 6.45) is 5.54. The summed E-state index contributed by atoms with van der Waals surface area (Å²) in [6.45, 7) is 0. The van der Waals surface area contributed by atoms with Crippen molar-refractivity contribution in [2.45, 2.75) is 6.42 Å². The number of amides is 1. The maximum absolute atomic E-state index is 12.4. The first-order chi connectivity index (χ1) is 9.66. The van der Waals surface area contributed by atoms with Crippen molar-refractivity contribution in [3.8, 4) is 0 Å². The van der Waals surface area contributed by atoms with Crippen LogP contribution in [-0.2, 0) is 11.2 Å². The standard InChI is InChI=1S/C15H12ClN3O/c1-19-14-12(8-17-9-18-14)7-11(15(19)20)6-10-4-2-3-5-13(10)16/h2-6,8-9H,7H2,1H3/b11-6-. The molecule has 5 heteroatoms. The van der Waals surface area contributed by atoms with E-state index in [-0.39, 0.29) is 5.91 Å². The maximum Gasteiger partial charge on any atom is 0.255 e. The summed E-state index contributed by atoms with van der Waals surface area (Å²) in [7, 11) is 1.72. The average molecular weight is 286 g/mol. The molecule has 1 aromatic carbocycles. The molecule has 1 aliphatic rings. The monoisotopic (exact) mass is 285 g/mol. The van der Waals surface area contributed by atoms with Crippen LogP contribution in [-0.4, -0.2) is 22.9 Å². The van der Waals surface area contributed by atoms with Gasteiger partial charge in [0, 0.05) is 35.8 Å². The first-order valence-corrected chi connectivity index (χ1v) is 6.56. The number of carbonyl (C=O) groups excluding carboxylic acids is 1. The van der Waals surface area contributed by atoms with E-state index in [9.17, 15) is 4.79 Å². The number of likely N-dealkylation sites (N-methyl/N-ethyl adjacent to an activating group) is 1. The Morgan fingerprint density at radius 2 is 2.15 bits per heavy atom. The minimum atomic E-state index is -0.0591. The summed E-state index contributed by atoms with van der Waals surface area (Å²) in [5.41, 5.74) is 2.46. The van der Waals surface area contributed by atoms with Gasteiger partial charge in [0.2, 0.25) is 0 Å². The predicted molar refractivity (Wildman–Crippen MR) is 78.6 cm³/mol. The second-order valence-electron chi connectivity index (χ2n) is 4.60. The van der Waals surface area contributed by atoms with Gasteiger partial charge in [-0.1, -0.05) is 29.8 Å². The Morgan fingerprint density at radius 1 is 1.35 bits per heavy atom. The lowest BCUT2D eigenvalue weighted by Gasteiger charge is -2.25. The molecule has 1 amide bonds. The lowest BCUT2D eigenvalue weighted by Crippen LogP contribution is -2.34. The smallest absolute Gasteiger partial charge is 0.255 e. The van der Waals surface area contributed by atoms with Crippen molar-refractivity contribution in [3.63, 3.8) is 0 Å². The summed E-state index contributed by atoms with van der Waals surface area (Å²) < 4.78 is 0. The Morgan fingerprint density at radius 3 is 2.95 bits per heavy atom. The van der Waals surface area contributed by atoms with Crippen molar-refractivity contribution in [1.82, 2.24) is 9.97 Å². The molecule has 0 atom stereocenters. The molecule has 1 aliphatic heterocycles. The van der Waals surface area contributed by atoms with E-state index in [1.807, 2.05) is 30.3 Å². The van der Waals surface area contributed by atoms with E-state index in [1.54, 1.807) is 18.1 Å². The fraction of sp³-hybridized carbons (Fsp3) is 0.133. The molecule has 0 fully saturated rings. The van der Waals surface area contributed by atoms with Crippen LogP contribution in [0.4, 0.5) is 5.82 Å². The Hall–Kier alpha value is -2.20. The number of hydrogen-bond donors (Lipinski definition) is 0. The van der Waals surface area contributed by atoms with Gasteiger partial charge in [0.15, 0.2) is 0 Å². The van der Waals surface area contributed by atoms with Gasteiger partial charge in [-0.25, -0.2) is 9.97 Å². The first-order valence-electron chi connectivity index (χ1n) is 6.19. The molecule has 2 aromatic rings. The second kappa shape index (κ2) is 5.06. The molecule has 3 rings (SSSR count). The number of fused-ring (bicyclic) bond motifs is 1. The van der Waals surface area contributed by atoms with Gasteiger partial charge in [0.1, 0.15) is 12.1 Å². The van der Waals surface area contributed by atoms with Crippen molar-refractivity contribution < 1.29 is 4.79 Å². The fourth-order valence-corrected chi connectivity index (χ4v) is 2.45. The van der Waals surface area contributed by atoms with Crippen LogP contribution < -0.4 is 4.90 Å². The summed E-state index contributed by atoms with van der Waals surface area (Å²) in [6, 6.07) is 7.45. The van der Waals surface area contributed by atoms with Gasteiger partial charge in [-0.15, -0.1) is 0 Å². The van der Waals surface area contributed by atoms with Crippen LogP contribution in [0.2, 0.25) is 5.02 Å². The van der Waals surface area contributed by atoms with Crippen LogP contribution in [0, 0.1) is 0 Å². The van der Waals surface area contributed by atoms with Gasteiger partial charge in [-0.2, -0.15) is 0 Å². The third-order valence-electron chi connectivity index (χ3n) is 3.28. The van der Waals surface area contributed by atoms with Crippen molar-refractivity contribution in [1.29, 1.82) is 0 Å². The van der Waals surface area contributed by atoms with Gasteiger partial charge in [0.05, 0.1) is 0 Å². The lowest BCUT2D eigenvalue weighted by molar-refractivity contribution is -0.115. The van der Waals surface area contributed by atoms with E-state index in [0.29, 0.717) is 22.8 Å². The molecule has 100 valence electrons. The van der Waals surface area contributed by atoms with E-state index in [4.69, 9.17) is 11.6 Å². The summed E-state index contributed by atoms with van der Waals surface area (Å²) in [4.78, 5) is 22.1. The Bertz CT molecular complexity index is 712. The van der Waals surface area contributed by atoms with Crippen LogP contribution >= 0.6 is 11.6 Å². The Kier molecular flexibility index (Phi) is 3.24. The van der Waals surface area contributed by atoms with Crippen molar-refractivity contribution >= 4 is 29.4 Å². The van der Waals surface area contributed by atoms with Gasteiger partial charge >= 0.3 is 0 Å². The van der Waals surface area contributed by atoms with Crippen LogP contribution in [0.1, 0.15) is 11.1 Å². The van der Waals surface area contributed by atoms with Gasteiger partial charge < -0.3 is 0 Å². The zero-order valence-corrected chi connectivity index (χ0v) is 11.6. The molecular formula is C15H12ClN3O. The topological polar surface area (TPSA) is 46.1 Å². The van der Waals surface area contributed by atoms with E-state index >= 15 is 0 Å². The lowest BCUT2D eigenvalue weighted by atomic mass is 9.99. The highest BCUT2D eigenvalue weighted by molar-refractivity contribution is 6.32. The van der Waals surface area contributed by atoms with Gasteiger partial charge in [0.25, 0.3) is 5.91 Å². The maximum atomic E-state index is 12.4. The van der Waals surface area contributed by atoms with E-state index in [2.05, 4.69) is 9.97 Å². The number of aromatic nitrogens is 2. The number of benzene rings is 1. The van der Waals surface area contributed by atoms with Crippen LogP contribution in [0.5, 0.6) is 0 Å². The molecule has 20 heavy (non-hydrogen) atoms. The van der Waals surface area contributed by atoms with Gasteiger partial charge in [-0.05, 0) is 17.7 Å². The quantitative estimate of drug-likeness (QED) is 0.757.